The first-order chi connectivity index (χ1) is 22.9. The van der Waals surface area contributed by atoms with Gasteiger partial charge >= 0.3 is 6.09 Å². The topological polar surface area (TPSA) is 187 Å². The number of anilines is 1. The predicted octanol–water partition coefficient (Wildman–Crippen LogP) is 2.14. The monoisotopic (exact) mass is 704 g/mol. The predicted molar refractivity (Wildman–Crippen MR) is 171 cm³/mol. The maximum absolute atomic E-state index is 14.4. The molecule has 0 aromatic heterocycles. The molecule has 4 rings (SSSR count). The summed E-state index contributed by atoms with van der Waals surface area (Å²) in [5, 5.41) is 11.5. The van der Waals surface area contributed by atoms with Crippen LogP contribution in [0.5, 0.6) is 0 Å². The van der Waals surface area contributed by atoms with Crippen molar-refractivity contribution in [1.29, 1.82) is 5.26 Å². The summed E-state index contributed by atoms with van der Waals surface area (Å²) in [5.74, 6) is -7.67. The fourth-order valence-corrected chi connectivity index (χ4v) is 7.06. The average Bonchev–Trinajstić information content (AvgIpc) is 3.09. The molecular weight excluding hydrogens is 666 g/mol. The Bertz CT molecular complexity index is 1740. The van der Waals surface area contributed by atoms with Gasteiger partial charge in [-0.2, -0.15) is 5.26 Å². The van der Waals surface area contributed by atoms with Crippen molar-refractivity contribution in [3.8, 4) is 6.07 Å². The SMILES string of the molecule is COCCN1CC(C(=O)NNC(=O)c2ccc3c(c2)N(Cc2ccc(C#N)cc2)C(=O)[C@@H](NC(=O)OC(C)(C)C)CS3(=O)=O)CC(F)(F)C1. The number of piperidine rings is 1. The van der Waals surface area contributed by atoms with Crippen molar-refractivity contribution < 1.29 is 45.9 Å². The van der Waals surface area contributed by atoms with Crippen molar-refractivity contribution in [2.75, 3.05) is 44.0 Å². The quantitative estimate of drug-likeness (QED) is 0.344. The van der Waals surface area contributed by atoms with Gasteiger partial charge in [-0.25, -0.2) is 22.0 Å². The van der Waals surface area contributed by atoms with Crippen LogP contribution in [0.25, 0.3) is 0 Å². The van der Waals surface area contributed by atoms with Gasteiger partial charge in [0.1, 0.15) is 11.6 Å². The first-order valence-electron chi connectivity index (χ1n) is 15.3. The summed E-state index contributed by atoms with van der Waals surface area (Å²) in [6.45, 7) is 4.45. The van der Waals surface area contributed by atoms with Crippen LogP contribution in [-0.4, -0.2) is 93.8 Å². The van der Waals surface area contributed by atoms with Gasteiger partial charge in [0.25, 0.3) is 17.7 Å². The van der Waals surface area contributed by atoms with Gasteiger partial charge in [-0.1, -0.05) is 12.1 Å². The largest absolute Gasteiger partial charge is 0.444 e. The van der Waals surface area contributed by atoms with E-state index < -0.39 is 75.9 Å². The average molecular weight is 705 g/mol. The molecular formula is C32H38F2N6O8S. The molecule has 2 atom stereocenters. The second-order valence-electron chi connectivity index (χ2n) is 12.8. The molecule has 4 amide bonds. The highest BCUT2D eigenvalue weighted by Crippen LogP contribution is 2.34. The summed E-state index contributed by atoms with van der Waals surface area (Å²) >= 11 is 0. The Morgan fingerprint density at radius 2 is 1.80 bits per heavy atom. The molecule has 2 aliphatic rings. The Balaban J connectivity index is 1.61. The van der Waals surface area contributed by atoms with Gasteiger partial charge in [0.2, 0.25) is 5.91 Å². The molecule has 0 spiro atoms. The van der Waals surface area contributed by atoms with Crippen molar-refractivity contribution in [2.24, 2.45) is 5.92 Å². The zero-order valence-electron chi connectivity index (χ0n) is 27.4. The van der Waals surface area contributed by atoms with Gasteiger partial charge in [0.05, 0.1) is 53.6 Å². The number of nitrogens with one attached hydrogen (secondary N) is 3. The minimum absolute atomic E-state index is 0.0161. The second kappa shape index (κ2) is 14.8. The third-order valence-electron chi connectivity index (χ3n) is 7.67. The number of hydrazine groups is 1. The van der Waals surface area contributed by atoms with Gasteiger partial charge in [-0.15, -0.1) is 0 Å². The van der Waals surface area contributed by atoms with E-state index in [4.69, 9.17) is 9.47 Å². The third kappa shape index (κ3) is 9.71. The fraction of sp³-hybridized carbons (Fsp3) is 0.469. The normalized spacial score (nSPS) is 20.3. The van der Waals surface area contributed by atoms with Crippen LogP contribution in [-0.2, 0) is 35.4 Å². The van der Waals surface area contributed by atoms with E-state index in [0.29, 0.717) is 11.1 Å². The number of amides is 4. The van der Waals surface area contributed by atoms with Crippen molar-refractivity contribution in [3.63, 3.8) is 0 Å². The molecule has 1 saturated heterocycles. The molecule has 0 aliphatic carbocycles. The summed E-state index contributed by atoms with van der Waals surface area (Å²) in [5.41, 5.74) is 3.92. The van der Waals surface area contributed by atoms with Gasteiger partial charge in [0.15, 0.2) is 9.84 Å². The maximum Gasteiger partial charge on any atom is 0.408 e. The molecule has 0 bridgehead atoms. The van der Waals surface area contributed by atoms with E-state index in [1.807, 2.05) is 6.07 Å². The Labute approximate surface area is 282 Å². The smallest absolute Gasteiger partial charge is 0.408 e. The van der Waals surface area contributed by atoms with E-state index >= 15 is 0 Å². The molecule has 0 radical (unpaired) electrons. The number of carbonyl (C=O) groups is 4. The lowest BCUT2D eigenvalue weighted by Gasteiger charge is -2.36. The summed E-state index contributed by atoms with van der Waals surface area (Å²) in [7, 11) is -2.82. The first kappa shape index (κ1) is 37.2. The van der Waals surface area contributed by atoms with Crippen LogP contribution in [0.4, 0.5) is 19.3 Å². The number of fused-ring (bicyclic) bond motifs is 1. The lowest BCUT2D eigenvalue weighted by Crippen LogP contribution is -2.54. The van der Waals surface area contributed by atoms with Crippen molar-refractivity contribution in [3.05, 3.63) is 59.2 Å². The van der Waals surface area contributed by atoms with Crippen LogP contribution in [0.15, 0.2) is 47.4 Å². The number of nitriles is 1. The van der Waals surface area contributed by atoms with Gasteiger partial charge in [-0.3, -0.25) is 30.1 Å². The van der Waals surface area contributed by atoms with E-state index in [1.54, 1.807) is 32.9 Å². The van der Waals surface area contributed by atoms with Gasteiger partial charge in [-0.05, 0) is 56.7 Å². The summed E-state index contributed by atoms with van der Waals surface area (Å²) in [6, 6.07) is 10.0. The first-order valence-corrected chi connectivity index (χ1v) is 16.9. The highest BCUT2D eigenvalue weighted by atomic mass is 32.2. The number of hydrogen-bond acceptors (Lipinski definition) is 10. The van der Waals surface area contributed by atoms with E-state index in [0.717, 1.165) is 17.0 Å². The number of nitrogens with zero attached hydrogens (tertiary/aromatic N) is 3. The Morgan fingerprint density at radius 1 is 1.10 bits per heavy atom. The minimum Gasteiger partial charge on any atom is -0.444 e. The summed E-state index contributed by atoms with van der Waals surface area (Å²) < 4.78 is 66.1. The molecule has 2 aliphatic heterocycles. The number of sulfone groups is 1. The van der Waals surface area contributed by atoms with Crippen LogP contribution in [0.2, 0.25) is 0 Å². The molecule has 2 aromatic carbocycles. The van der Waals surface area contributed by atoms with Gasteiger partial charge in [0, 0.05) is 32.2 Å². The standard InChI is InChI=1S/C32H38F2N6O8S/c1-31(2,3)48-30(44)36-24-18-49(45,46)26-10-9-22(13-25(26)40(29(24)43)16-21-7-5-20(15-35)6-8-21)27(41)37-38-28(42)23-14-32(33,34)19-39(17-23)11-12-47-4/h5-10,13,23-24H,11-12,14,16-19H2,1-4H3,(H,36,44)(H,37,41)(H,38,42)/t23?,24-/m0/s1. The maximum atomic E-state index is 14.4. The molecule has 17 heteroatoms. The Kier molecular flexibility index (Phi) is 11.3. The zero-order chi connectivity index (χ0) is 36.1. The molecule has 14 nitrogen and oxygen atoms in total. The molecule has 3 N–H and O–H groups in total. The second-order valence-corrected chi connectivity index (χ2v) is 14.8. The van der Waals surface area contributed by atoms with Crippen LogP contribution >= 0.6 is 0 Å². The van der Waals surface area contributed by atoms with Crippen LogP contribution in [0.1, 0.15) is 48.7 Å². The number of likely N-dealkylation sites (tertiary alicyclic amines) is 1. The number of methoxy groups -OCH3 is 1. The molecule has 1 unspecified atom stereocenters. The number of alkyl halides is 2. The number of rotatable bonds is 8. The fourth-order valence-electron chi connectivity index (χ4n) is 5.46. The highest BCUT2D eigenvalue weighted by Gasteiger charge is 2.43. The van der Waals surface area contributed by atoms with Crippen molar-refractivity contribution >= 4 is 39.3 Å². The molecule has 2 heterocycles. The van der Waals surface area contributed by atoms with Gasteiger partial charge < -0.3 is 19.7 Å². The van der Waals surface area contributed by atoms with E-state index in [9.17, 15) is 41.6 Å². The zero-order valence-corrected chi connectivity index (χ0v) is 28.2. The lowest BCUT2D eigenvalue weighted by atomic mass is 9.94. The Hall–Kier alpha value is -4.66. The number of carbonyl (C=O) groups excluding carboxylic acids is 4. The molecule has 2 aromatic rings. The number of alkyl carbamates (subject to hydrolysis) is 1. The molecule has 264 valence electrons. The van der Waals surface area contributed by atoms with Crippen molar-refractivity contribution in [1.82, 2.24) is 21.1 Å². The highest BCUT2D eigenvalue weighted by molar-refractivity contribution is 7.91. The summed E-state index contributed by atoms with van der Waals surface area (Å²) in [6.07, 6.45) is -1.74. The molecule has 49 heavy (non-hydrogen) atoms. The van der Waals surface area contributed by atoms with Crippen LogP contribution in [0, 0.1) is 17.2 Å². The minimum atomic E-state index is -4.25. The third-order valence-corrected chi connectivity index (χ3v) is 9.46. The van der Waals surface area contributed by atoms with Crippen LogP contribution in [0.3, 0.4) is 0 Å². The lowest BCUT2D eigenvalue weighted by molar-refractivity contribution is -0.138. The molecule has 1 fully saturated rings. The summed E-state index contributed by atoms with van der Waals surface area (Å²) in [4.78, 5) is 54.8. The number of hydrogen-bond donors (Lipinski definition) is 3. The molecule has 0 saturated carbocycles. The number of halogens is 2. The van der Waals surface area contributed by atoms with E-state index in [2.05, 4.69) is 16.2 Å². The van der Waals surface area contributed by atoms with Crippen molar-refractivity contribution in [2.45, 2.75) is 56.2 Å². The van der Waals surface area contributed by atoms with Crippen LogP contribution < -0.4 is 21.1 Å². The number of ether oxygens (including phenoxy) is 2. The Morgan fingerprint density at radius 3 is 2.43 bits per heavy atom. The number of benzene rings is 2. The van der Waals surface area contributed by atoms with E-state index in [1.165, 1.54) is 30.2 Å². The van der Waals surface area contributed by atoms with E-state index in [-0.39, 0.29) is 42.4 Å².